The maximum Gasteiger partial charge on any atom is 0.189 e. The zero-order valence-electron chi connectivity index (χ0n) is 11.8. The highest BCUT2D eigenvalue weighted by Crippen LogP contribution is 2.22. The van der Waals surface area contributed by atoms with Crippen molar-refractivity contribution in [2.75, 3.05) is 7.11 Å². The molecule has 1 heterocycles. The van der Waals surface area contributed by atoms with Crippen LogP contribution in [0.25, 0.3) is 0 Å². The van der Waals surface area contributed by atoms with E-state index in [1.54, 1.807) is 16.8 Å². The highest BCUT2D eigenvalue weighted by atomic mass is 19.1. The van der Waals surface area contributed by atoms with E-state index in [9.17, 15) is 9.18 Å². The molecular weight excluding hydrogens is 259 g/mol. The van der Waals surface area contributed by atoms with Crippen molar-refractivity contribution in [3.8, 4) is 5.75 Å². The number of ketones is 1. The molecule has 0 amide bonds. The number of carbonyl (C=O) groups is 1. The Balaban J connectivity index is 2.28. The van der Waals surface area contributed by atoms with Crippen LogP contribution in [0.3, 0.4) is 0 Å². The summed E-state index contributed by atoms with van der Waals surface area (Å²) >= 11 is 0. The average Bonchev–Trinajstić information content (AvgIpc) is 2.85. The maximum atomic E-state index is 12.9. The molecule has 0 saturated carbocycles. The fraction of sp³-hybridized carbons (Fsp3) is 0.333. The zero-order valence-corrected chi connectivity index (χ0v) is 11.8. The molecule has 106 valence electrons. The second-order valence-electron chi connectivity index (χ2n) is 4.83. The minimum atomic E-state index is -0.314. The first-order chi connectivity index (χ1) is 9.52. The van der Waals surface area contributed by atoms with Crippen molar-refractivity contribution >= 4 is 5.78 Å². The second kappa shape index (κ2) is 5.86. The molecule has 4 nitrogen and oxygen atoms in total. The number of carbonyl (C=O) groups excluding carboxylic acids is 1. The minimum absolute atomic E-state index is 0.0612. The molecular formula is C15H17FN2O2. The minimum Gasteiger partial charge on any atom is -0.493 e. The number of benzene rings is 1. The van der Waals surface area contributed by atoms with E-state index in [-0.39, 0.29) is 24.1 Å². The standard InChI is InChI=1S/C15H17FN2O2/c1-10(2)18-15(14(20-3)9-17-18)13(19)8-11-4-6-12(16)7-5-11/h4-7,9-10H,8H2,1-3H3. The molecule has 2 aromatic rings. The van der Waals surface area contributed by atoms with Crippen LogP contribution in [0.4, 0.5) is 4.39 Å². The Morgan fingerprint density at radius 2 is 2.00 bits per heavy atom. The molecule has 0 bridgehead atoms. The van der Waals surface area contributed by atoms with Gasteiger partial charge in [0.2, 0.25) is 0 Å². The molecule has 0 radical (unpaired) electrons. The summed E-state index contributed by atoms with van der Waals surface area (Å²) in [7, 11) is 1.51. The van der Waals surface area contributed by atoms with Crippen LogP contribution in [0.1, 0.15) is 35.9 Å². The Morgan fingerprint density at radius 3 is 2.55 bits per heavy atom. The van der Waals surface area contributed by atoms with Crippen molar-refractivity contribution in [2.45, 2.75) is 26.3 Å². The van der Waals surface area contributed by atoms with Crippen molar-refractivity contribution in [1.29, 1.82) is 0 Å². The molecule has 0 N–H and O–H groups in total. The summed E-state index contributed by atoms with van der Waals surface area (Å²) in [6, 6.07) is 5.97. The number of hydrogen-bond donors (Lipinski definition) is 0. The molecule has 0 aliphatic rings. The monoisotopic (exact) mass is 276 g/mol. The highest BCUT2D eigenvalue weighted by Gasteiger charge is 2.21. The van der Waals surface area contributed by atoms with Crippen LogP contribution in [-0.4, -0.2) is 22.7 Å². The first-order valence-corrected chi connectivity index (χ1v) is 6.42. The third-order valence-corrected chi connectivity index (χ3v) is 3.01. The first-order valence-electron chi connectivity index (χ1n) is 6.42. The van der Waals surface area contributed by atoms with Gasteiger partial charge in [-0.3, -0.25) is 9.48 Å². The number of nitrogens with zero attached hydrogens (tertiary/aromatic N) is 2. The Hall–Kier alpha value is -2.17. The summed E-state index contributed by atoms with van der Waals surface area (Å²) in [4.78, 5) is 12.4. The highest BCUT2D eigenvalue weighted by molar-refractivity contribution is 5.98. The van der Waals surface area contributed by atoms with Crippen LogP contribution in [0.5, 0.6) is 5.75 Å². The number of Topliss-reactive ketones (excluding diaryl/α,β-unsaturated/α-hetero) is 1. The lowest BCUT2D eigenvalue weighted by Gasteiger charge is -2.11. The van der Waals surface area contributed by atoms with Gasteiger partial charge < -0.3 is 4.74 Å². The van der Waals surface area contributed by atoms with E-state index in [4.69, 9.17) is 4.74 Å². The van der Waals surface area contributed by atoms with Crippen LogP contribution in [0, 0.1) is 5.82 Å². The summed E-state index contributed by atoms with van der Waals surface area (Å²) in [5.74, 6) is 0.0523. The number of hydrogen-bond acceptors (Lipinski definition) is 3. The van der Waals surface area contributed by atoms with Crippen LogP contribution < -0.4 is 4.74 Å². The topological polar surface area (TPSA) is 44.1 Å². The molecule has 0 fully saturated rings. The Labute approximate surface area is 117 Å². The van der Waals surface area contributed by atoms with Gasteiger partial charge in [0.1, 0.15) is 11.5 Å². The summed E-state index contributed by atoms with van der Waals surface area (Å²) in [6.07, 6.45) is 1.73. The van der Waals surface area contributed by atoms with Crippen molar-refractivity contribution in [1.82, 2.24) is 9.78 Å². The van der Waals surface area contributed by atoms with E-state index in [0.29, 0.717) is 11.4 Å². The number of methoxy groups -OCH3 is 1. The lowest BCUT2D eigenvalue weighted by atomic mass is 10.1. The third-order valence-electron chi connectivity index (χ3n) is 3.01. The quantitative estimate of drug-likeness (QED) is 0.788. The number of ether oxygens (including phenoxy) is 1. The molecule has 5 heteroatoms. The third kappa shape index (κ3) is 2.87. The number of rotatable bonds is 5. The van der Waals surface area contributed by atoms with Crippen molar-refractivity contribution < 1.29 is 13.9 Å². The van der Waals surface area contributed by atoms with Crippen molar-refractivity contribution in [3.63, 3.8) is 0 Å². The predicted octanol–water partition coefficient (Wildman–Crippen LogP) is 3.04. The van der Waals surface area contributed by atoms with Gasteiger partial charge in [0.15, 0.2) is 11.5 Å². The van der Waals surface area contributed by atoms with E-state index in [2.05, 4.69) is 5.10 Å². The number of aromatic nitrogens is 2. The largest absolute Gasteiger partial charge is 0.493 e. The normalized spacial score (nSPS) is 10.8. The lowest BCUT2D eigenvalue weighted by Crippen LogP contribution is -2.15. The average molecular weight is 276 g/mol. The van der Waals surface area contributed by atoms with Gasteiger partial charge in [-0.25, -0.2) is 4.39 Å². The van der Waals surface area contributed by atoms with E-state index in [0.717, 1.165) is 5.56 Å². The molecule has 0 spiro atoms. The smallest absolute Gasteiger partial charge is 0.189 e. The van der Waals surface area contributed by atoms with E-state index < -0.39 is 0 Å². The molecule has 20 heavy (non-hydrogen) atoms. The lowest BCUT2D eigenvalue weighted by molar-refractivity contribution is 0.0977. The van der Waals surface area contributed by atoms with Gasteiger partial charge in [-0.1, -0.05) is 12.1 Å². The van der Waals surface area contributed by atoms with Gasteiger partial charge in [0.25, 0.3) is 0 Å². The van der Waals surface area contributed by atoms with Crippen LogP contribution in [0.15, 0.2) is 30.5 Å². The molecule has 0 atom stereocenters. The van der Waals surface area contributed by atoms with E-state index in [1.165, 1.54) is 25.4 Å². The molecule has 0 unspecified atom stereocenters. The van der Waals surface area contributed by atoms with Crippen LogP contribution >= 0.6 is 0 Å². The summed E-state index contributed by atoms with van der Waals surface area (Å²) in [6.45, 7) is 3.89. The zero-order chi connectivity index (χ0) is 14.7. The molecule has 0 aliphatic heterocycles. The molecule has 0 saturated heterocycles. The number of halogens is 1. The predicted molar refractivity (Wildman–Crippen MR) is 73.6 cm³/mol. The van der Waals surface area contributed by atoms with Gasteiger partial charge >= 0.3 is 0 Å². The summed E-state index contributed by atoms with van der Waals surface area (Å²) < 4.78 is 19.7. The molecule has 0 aliphatic carbocycles. The van der Waals surface area contributed by atoms with Gasteiger partial charge in [-0.15, -0.1) is 0 Å². The van der Waals surface area contributed by atoms with Crippen molar-refractivity contribution in [3.05, 3.63) is 47.5 Å². The second-order valence-corrected chi connectivity index (χ2v) is 4.83. The SMILES string of the molecule is COc1cnn(C(C)C)c1C(=O)Cc1ccc(F)cc1. The Kier molecular flexibility index (Phi) is 4.17. The van der Waals surface area contributed by atoms with E-state index in [1.807, 2.05) is 13.8 Å². The Bertz CT molecular complexity index is 603. The van der Waals surface area contributed by atoms with Crippen molar-refractivity contribution in [2.24, 2.45) is 0 Å². The van der Waals surface area contributed by atoms with Crippen LogP contribution in [-0.2, 0) is 6.42 Å². The van der Waals surface area contributed by atoms with Gasteiger partial charge in [-0.2, -0.15) is 5.10 Å². The van der Waals surface area contributed by atoms with E-state index >= 15 is 0 Å². The Morgan fingerprint density at radius 1 is 1.35 bits per heavy atom. The summed E-state index contributed by atoms with van der Waals surface area (Å²) in [5, 5.41) is 4.17. The molecule has 2 rings (SSSR count). The van der Waals surface area contributed by atoms with Gasteiger partial charge in [-0.05, 0) is 31.5 Å². The maximum absolute atomic E-state index is 12.9. The first kappa shape index (κ1) is 14.2. The fourth-order valence-electron chi connectivity index (χ4n) is 2.02. The van der Waals surface area contributed by atoms with Crippen LogP contribution in [0.2, 0.25) is 0 Å². The molecule has 1 aromatic heterocycles. The van der Waals surface area contributed by atoms with Gasteiger partial charge in [0.05, 0.1) is 13.3 Å². The summed E-state index contributed by atoms with van der Waals surface area (Å²) in [5.41, 5.74) is 1.21. The molecule has 1 aromatic carbocycles. The van der Waals surface area contributed by atoms with Gasteiger partial charge in [0, 0.05) is 12.5 Å². The fourth-order valence-corrected chi connectivity index (χ4v) is 2.02.